The molecule has 1 atom stereocenters. The van der Waals surface area contributed by atoms with Gasteiger partial charge < -0.3 is 5.11 Å². The Balaban J connectivity index is 2.04. The molecular formula is C14H18FNO2. The van der Waals surface area contributed by atoms with Crippen LogP contribution in [-0.4, -0.2) is 29.1 Å². The van der Waals surface area contributed by atoms with Crippen molar-refractivity contribution in [2.45, 2.75) is 26.3 Å². The van der Waals surface area contributed by atoms with Crippen molar-refractivity contribution in [2.75, 3.05) is 13.1 Å². The van der Waals surface area contributed by atoms with Crippen molar-refractivity contribution in [2.24, 2.45) is 5.92 Å². The van der Waals surface area contributed by atoms with Crippen molar-refractivity contribution < 1.29 is 14.3 Å². The van der Waals surface area contributed by atoms with Crippen LogP contribution in [0.5, 0.6) is 0 Å². The number of aliphatic carboxylic acids is 1. The fourth-order valence-electron chi connectivity index (χ4n) is 2.45. The number of carboxylic acid groups (broad SMARTS) is 1. The van der Waals surface area contributed by atoms with E-state index < -0.39 is 5.97 Å². The van der Waals surface area contributed by atoms with E-state index in [1.54, 1.807) is 12.1 Å². The number of hydrogen-bond acceptors (Lipinski definition) is 2. The summed E-state index contributed by atoms with van der Waals surface area (Å²) in [5, 5.41) is 9.03. The predicted molar refractivity (Wildman–Crippen MR) is 66.8 cm³/mol. The van der Waals surface area contributed by atoms with Gasteiger partial charge in [-0.2, -0.15) is 0 Å². The van der Waals surface area contributed by atoms with Crippen molar-refractivity contribution in [3.8, 4) is 0 Å². The number of aryl methyl sites for hydroxylation is 1. The molecule has 0 aromatic heterocycles. The molecular weight excluding hydrogens is 233 g/mol. The second kappa shape index (κ2) is 5.48. The maximum absolute atomic E-state index is 13.2. The molecule has 1 aliphatic heterocycles. The Morgan fingerprint density at radius 3 is 3.06 bits per heavy atom. The van der Waals surface area contributed by atoms with Gasteiger partial charge in [0.05, 0.1) is 5.92 Å². The van der Waals surface area contributed by atoms with Crippen molar-refractivity contribution in [1.29, 1.82) is 0 Å². The Morgan fingerprint density at radius 2 is 2.33 bits per heavy atom. The summed E-state index contributed by atoms with van der Waals surface area (Å²) in [5.74, 6) is -1.24. The zero-order valence-corrected chi connectivity index (χ0v) is 10.5. The van der Waals surface area contributed by atoms with Gasteiger partial charge in [0.2, 0.25) is 0 Å². The molecule has 98 valence electrons. The van der Waals surface area contributed by atoms with Crippen LogP contribution >= 0.6 is 0 Å². The minimum atomic E-state index is -0.726. The van der Waals surface area contributed by atoms with E-state index >= 15 is 0 Å². The summed E-state index contributed by atoms with van der Waals surface area (Å²) in [6.45, 7) is 4.03. The summed E-state index contributed by atoms with van der Waals surface area (Å²) in [6, 6.07) is 4.76. The van der Waals surface area contributed by atoms with Crippen molar-refractivity contribution in [3.05, 3.63) is 35.1 Å². The first-order valence-electron chi connectivity index (χ1n) is 6.26. The molecule has 18 heavy (non-hydrogen) atoms. The molecule has 0 amide bonds. The second-order valence-electron chi connectivity index (χ2n) is 4.98. The van der Waals surface area contributed by atoms with Crippen molar-refractivity contribution >= 4 is 5.97 Å². The van der Waals surface area contributed by atoms with Crippen LogP contribution in [0, 0.1) is 18.7 Å². The monoisotopic (exact) mass is 251 g/mol. The Kier molecular flexibility index (Phi) is 3.97. The summed E-state index contributed by atoms with van der Waals surface area (Å²) in [5.41, 5.74) is 2.00. The third-order valence-electron chi connectivity index (χ3n) is 3.56. The highest BCUT2D eigenvalue weighted by Crippen LogP contribution is 2.20. The van der Waals surface area contributed by atoms with E-state index in [4.69, 9.17) is 5.11 Å². The summed E-state index contributed by atoms with van der Waals surface area (Å²) in [4.78, 5) is 13.1. The summed E-state index contributed by atoms with van der Waals surface area (Å²) < 4.78 is 13.2. The van der Waals surface area contributed by atoms with Gasteiger partial charge in [-0.15, -0.1) is 0 Å². The van der Waals surface area contributed by atoms with Gasteiger partial charge in [-0.3, -0.25) is 9.69 Å². The fourth-order valence-corrected chi connectivity index (χ4v) is 2.45. The number of likely N-dealkylation sites (tertiary alicyclic amines) is 1. The molecule has 1 aromatic carbocycles. The number of benzene rings is 1. The number of piperidine rings is 1. The van der Waals surface area contributed by atoms with E-state index in [1.165, 1.54) is 6.07 Å². The maximum atomic E-state index is 13.2. The Morgan fingerprint density at radius 1 is 1.56 bits per heavy atom. The van der Waals surface area contributed by atoms with Crippen LogP contribution < -0.4 is 0 Å². The van der Waals surface area contributed by atoms with Crippen LogP contribution in [0.15, 0.2) is 18.2 Å². The fraction of sp³-hybridized carbons (Fsp3) is 0.500. The van der Waals surface area contributed by atoms with E-state index in [0.717, 1.165) is 30.5 Å². The second-order valence-corrected chi connectivity index (χ2v) is 4.98. The first-order chi connectivity index (χ1) is 8.56. The third kappa shape index (κ3) is 3.07. The summed E-state index contributed by atoms with van der Waals surface area (Å²) in [6.07, 6.45) is 1.64. The lowest BCUT2D eigenvalue weighted by Gasteiger charge is -2.31. The molecule has 0 spiro atoms. The average Bonchev–Trinajstić information content (AvgIpc) is 2.34. The van der Waals surface area contributed by atoms with E-state index in [1.807, 2.05) is 6.92 Å². The molecule has 2 rings (SSSR count). The standard InChI is InChI=1S/C14H18FNO2/c1-10-4-5-13(15)7-12(10)9-16-6-2-3-11(8-16)14(17)18/h4-5,7,11H,2-3,6,8-9H2,1H3,(H,17,18)/t11-/m0/s1. The Hall–Kier alpha value is -1.42. The number of nitrogens with zero attached hydrogens (tertiary/aromatic N) is 1. The topological polar surface area (TPSA) is 40.5 Å². The van der Waals surface area contributed by atoms with Crippen LogP contribution in [0.3, 0.4) is 0 Å². The molecule has 1 aromatic rings. The molecule has 1 fully saturated rings. The molecule has 1 N–H and O–H groups in total. The molecule has 1 saturated heterocycles. The predicted octanol–water partition coefficient (Wildman–Crippen LogP) is 2.43. The van der Waals surface area contributed by atoms with Crippen molar-refractivity contribution in [1.82, 2.24) is 4.90 Å². The zero-order chi connectivity index (χ0) is 13.1. The summed E-state index contributed by atoms with van der Waals surface area (Å²) >= 11 is 0. The van der Waals surface area contributed by atoms with Crippen LogP contribution in [0.25, 0.3) is 0 Å². The molecule has 0 unspecified atom stereocenters. The SMILES string of the molecule is Cc1ccc(F)cc1CN1CCC[C@H](C(=O)O)C1. The quantitative estimate of drug-likeness (QED) is 0.897. The van der Waals surface area contributed by atoms with E-state index in [9.17, 15) is 9.18 Å². The minimum Gasteiger partial charge on any atom is -0.481 e. The molecule has 0 bridgehead atoms. The Bertz CT molecular complexity index is 447. The highest BCUT2D eigenvalue weighted by atomic mass is 19.1. The zero-order valence-electron chi connectivity index (χ0n) is 10.5. The molecule has 0 saturated carbocycles. The van der Waals surface area contributed by atoms with Gasteiger partial charge in [0.25, 0.3) is 0 Å². The lowest BCUT2D eigenvalue weighted by Crippen LogP contribution is -2.38. The van der Waals surface area contributed by atoms with E-state index in [0.29, 0.717) is 13.1 Å². The van der Waals surface area contributed by atoms with Gasteiger partial charge in [0.1, 0.15) is 5.82 Å². The normalized spacial score (nSPS) is 20.9. The van der Waals surface area contributed by atoms with Crippen LogP contribution in [0.1, 0.15) is 24.0 Å². The minimum absolute atomic E-state index is 0.234. The van der Waals surface area contributed by atoms with Crippen LogP contribution in [-0.2, 0) is 11.3 Å². The first-order valence-corrected chi connectivity index (χ1v) is 6.26. The molecule has 3 nitrogen and oxygen atoms in total. The van der Waals surface area contributed by atoms with Gasteiger partial charge in [-0.1, -0.05) is 6.07 Å². The lowest BCUT2D eigenvalue weighted by atomic mass is 9.97. The number of rotatable bonds is 3. The highest BCUT2D eigenvalue weighted by Gasteiger charge is 2.25. The van der Waals surface area contributed by atoms with E-state index in [2.05, 4.69) is 4.90 Å². The number of halogens is 1. The van der Waals surface area contributed by atoms with Gasteiger partial charge >= 0.3 is 5.97 Å². The number of carbonyl (C=O) groups is 1. The Labute approximate surface area is 106 Å². The third-order valence-corrected chi connectivity index (χ3v) is 3.56. The smallest absolute Gasteiger partial charge is 0.307 e. The average molecular weight is 251 g/mol. The van der Waals surface area contributed by atoms with E-state index in [-0.39, 0.29) is 11.7 Å². The molecule has 1 aliphatic rings. The van der Waals surface area contributed by atoms with Crippen LogP contribution in [0.4, 0.5) is 4.39 Å². The van der Waals surface area contributed by atoms with Gasteiger partial charge in [-0.05, 0) is 49.6 Å². The lowest BCUT2D eigenvalue weighted by molar-refractivity contribution is -0.143. The largest absolute Gasteiger partial charge is 0.481 e. The maximum Gasteiger partial charge on any atom is 0.307 e. The van der Waals surface area contributed by atoms with Gasteiger partial charge in [0.15, 0.2) is 0 Å². The molecule has 1 heterocycles. The molecule has 0 radical (unpaired) electrons. The van der Waals surface area contributed by atoms with Gasteiger partial charge in [-0.25, -0.2) is 4.39 Å². The van der Waals surface area contributed by atoms with Gasteiger partial charge in [0, 0.05) is 13.1 Å². The van der Waals surface area contributed by atoms with Crippen LogP contribution in [0.2, 0.25) is 0 Å². The first kappa shape index (κ1) is 13.0. The number of hydrogen-bond donors (Lipinski definition) is 1. The molecule has 0 aliphatic carbocycles. The summed E-state index contributed by atoms with van der Waals surface area (Å²) in [7, 11) is 0. The highest BCUT2D eigenvalue weighted by molar-refractivity contribution is 5.70. The number of carboxylic acids is 1. The molecule has 4 heteroatoms. The van der Waals surface area contributed by atoms with Crippen molar-refractivity contribution in [3.63, 3.8) is 0 Å².